The Morgan fingerprint density at radius 2 is 0.774 bits per heavy atom. The summed E-state index contributed by atoms with van der Waals surface area (Å²) in [6.07, 6.45) is 7.78. The number of carbonyl (C=O) groups is 4. The number of benzene rings is 5. The molecule has 0 aliphatic heterocycles. The largest absolute Gasteiger partial charge is 0.478 e. The van der Waals surface area contributed by atoms with Crippen molar-refractivity contribution in [2.45, 2.75) is 86.5 Å². The summed E-state index contributed by atoms with van der Waals surface area (Å²) in [5, 5.41) is 85.5. The van der Waals surface area contributed by atoms with Crippen molar-refractivity contribution in [3.05, 3.63) is 220 Å². The number of H-pyrrole nitrogens is 1. The third-order valence-corrected chi connectivity index (χ3v) is 19.6. The van der Waals surface area contributed by atoms with Crippen molar-refractivity contribution >= 4 is 262 Å². The minimum absolute atomic E-state index is 0. The summed E-state index contributed by atoms with van der Waals surface area (Å²) in [5.41, 5.74) is 22.6. The summed E-state index contributed by atoms with van der Waals surface area (Å²) in [6, 6.07) is 31.4. The zero-order valence-corrected chi connectivity index (χ0v) is 84.3. The number of nitrogen functional groups attached to an aromatic ring is 3. The number of ether oxygens (including phenoxy) is 3. The van der Waals surface area contributed by atoms with Crippen LogP contribution in [0.15, 0.2) is 165 Å². The maximum Gasteiger partial charge on any atom is 0.413 e. The Bertz CT molecular complexity index is 6570. The van der Waals surface area contributed by atoms with Crippen LogP contribution in [0.1, 0.15) is 69.7 Å². The van der Waals surface area contributed by atoms with Gasteiger partial charge in [0.05, 0.1) is 64.5 Å². The van der Waals surface area contributed by atoms with E-state index in [0.29, 0.717) is 111 Å². The fraction of sp³-hybridized carbons (Fsp3) is 0.228. The van der Waals surface area contributed by atoms with E-state index in [0.717, 1.165) is 63.6 Å². The molecule has 10 aromatic heterocycles. The quantitative estimate of drug-likeness (QED) is 0.00919. The molecular formula is C79H86ClFFeI5N31O15. The molecule has 0 spiro atoms. The number of halogens is 7. The number of nitro benzene ring substituents is 3. The number of hydrogen-bond acceptors (Lipinski definition) is 34. The first-order valence-corrected chi connectivity index (χ1v) is 42.7. The number of amides is 3. The number of aliphatic carboxylic acids is 1. The Morgan fingerprint density at radius 1 is 0.481 bits per heavy atom. The summed E-state index contributed by atoms with van der Waals surface area (Å²) < 4.78 is 37.9. The van der Waals surface area contributed by atoms with E-state index < -0.39 is 61.6 Å². The fourth-order valence-corrected chi connectivity index (χ4v) is 14.0. The van der Waals surface area contributed by atoms with E-state index in [1.54, 1.807) is 119 Å². The first-order chi connectivity index (χ1) is 61.4. The number of carboxylic acid groups (broad SMARTS) is 1. The molecule has 3 amide bonds. The molecule has 704 valence electrons. The van der Waals surface area contributed by atoms with Gasteiger partial charge < -0.3 is 51.8 Å². The summed E-state index contributed by atoms with van der Waals surface area (Å²) in [5.74, 6) is 0.451. The first-order valence-electron chi connectivity index (χ1n) is 37.3. The number of carboxylic acids is 1. The molecule has 5 aromatic carbocycles. The second kappa shape index (κ2) is 50.4. The molecule has 15 rings (SSSR count). The van der Waals surface area contributed by atoms with Gasteiger partial charge in [-0.25, -0.2) is 92.1 Å². The van der Waals surface area contributed by atoms with Gasteiger partial charge in [-0.1, -0.05) is 13.5 Å². The smallest absolute Gasteiger partial charge is 0.413 e. The Morgan fingerprint density at radius 3 is 1.08 bits per heavy atom. The average molecular weight is 2450 g/mol. The van der Waals surface area contributed by atoms with Gasteiger partial charge in [-0.3, -0.25) is 51.4 Å². The van der Waals surface area contributed by atoms with Crippen molar-refractivity contribution in [3.63, 3.8) is 0 Å². The zero-order valence-electron chi connectivity index (χ0n) is 71.5. The minimum Gasteiger partial charge on any atom is -0.478 e. The van der Waals surface area contributed by atoms with Crippen LogP contribution in [0, 0.1) is 54.7 Å². The van der Waals surface area contributed by atoms with Crippen LogP contribution in [0.25, 0.3) is 77.9 Å². The Labute approximate surface area is 840 Å². The number of nitrogens with zero attached hydrogens (tertiary/aromatic N) is 23. The van der Waals surface area contributed by atoms with Crippen LogP contribution < -0.4 is 38.5 Å². The SMILES string of the molecule is C.CC(C)(C)OC(=O)Nc1ncnc2c1c(I)nn2-c1ccc(N)cc1.CC(C)(C)OC(=O)Nc1ncnc2c1c(I)nn2-c1ccc([N+](=O)[O-])cc1.CN(C)C/C=C/C(=O)O.CNc1ccc(-n2nc(I)c3c(NC(=O)OC(C)(C)C)ncnc32)cc1.CO.Cl.Nc1ncnc2c1c(I)nn2-c1ccc([N+](=O)[O-])cc1.Nc1ncnc2n[nH]c(I)c12.O=[N+]([O-])c1ccc(F)cc1.[Fe]. The molecule has 0 fully saturated rings. The number of nitrogens with two attached hydrogens (primary N) is 3. The van der Waals surface area contributed by atoms with Crippen LogP contribution in [0.4, 0.5) is 76.3 Å². The maximum absolute atomic E-state index is 12.1. The molecule has 13 N–H and O–H groups in total. The van der Waals surface area contributed by atoms with E-state index in [-0.39, 0.29) is 59.8 Å². The number of aromatic amines is 1. The van der Waals surface area contributed by atoms with Crippen molar-refractivity contribution < 1.29 is 79.8 Å². The first kappa shape index (κ1) is 111. The van der Waals surface area contributed by atoms with Gasteiger partial charge in [0.25, 0.3) is 17.1 Å². The number of nitrogens with one attached hydrogen (secondary N) is 5. The van der Waals surface area contributed by atoms with E-state index >= 15 is 0 Å². The zero-order chi connectivity index (χ0) is 95.8. The van der Waals surface area contributed by atoms with Gasteiger partial charge in [0, 0.05) is 91.6 Å². The van der Waals surface area contributed by atoms with Crippen LogP contribution in [-0.2, 0) is 36.1 Å². The van der Waals surface area contributed by atoms with Gasteiger partial charge in [-0.15, -0.1) is 12.4 Å². The number of aromatic nitrogens is 20. The van der Waals surface area contributed by atoms with Gasteiger partial charge in [-0.2, -0.15) is 25.5 Å². The summed E-state index contributed by atoms with van der Waals surface area (Å²) in [6.45, 7) is 16.8. The number of carbonyl (C=O) groups excluding carboxylic acids is 3. The number of nitro groups is 3. The molecule has 0 saturated heterocycles. The molecule has 0 aliphatic rings. The predicted octanol–water partition coefficient (Wildman–Crippen LogP) is 15.9. The van der Waals surface area contributed by atoms with Gasteiger partial charge in [0.2, 0.25) is 0 Å². The number of rotatable bonds is 14. The second-order valence-electron chi connectivity index (χ2n) is 29.1. The third kappa shape index (κ3) is 31.9. The van der Waals surface area contributed by atoms with Crippen molar-refractivity contribution in [2.24, 2.45) is 0 Å². The van der Waals surface area contributed by atoms with E-state index in [2.05, 4.69) is 169 Å². The van der Waals surface area contributed by atoms with Crippen LogP contribution in [0.3, 0.4) is 0 Å². The molecule has 0 aliphatic carbocycles. The topological polar surface area (TPSA) is 624 Å². The van der Waals surface area contributed by atoms with E-state index in [1.165, 1.54) is 60.6 Å². The normalized spacial score (nSPS) is 10.7. The summed E-state index contributed by atoms with van der Waals surface area (Å²) in [7, 11) is 6.63. The van der Waals surface area contributed by atoms with Gasteiger partial charge in [-0.05, 0) is 274 Å². The number of hydrogen-bond donors (Lipinski definition) is 10. The molecule has 46 nitrogen and oxygen atoms in total. The van der Waals surface area contributed by atoms with Crippen LogP contribution in [0.5, 0.6) is 0 Å². The molecule has 0 radical (unpaired) electrons. The molecule has 0 atom stereocenters. The van der Waals surface area contributed by atoms with Crippen molar-refractivity contribution in [3.8, 4) is 22.7 Å². The second-order valence-corrected chi connectivity index (χ2v) is 34.2. The van der Waals surface area contributed by atoms with Crippen molar-refractivity contribution in [2.75, 3.05) is 73.3 Å². The van der Waals surface area contributed by atoms with E-state index in [9.17, 15) is 53.9 Å². The molecule has 54 heteroatoms. The number of fused-ring (bicyclic) bond motifs is 5. The molecule has 0 unspecified atom stereocenters. The standard InChI is InChI=1S/C17H19IN6O2.C16H15IN6O4.C16H17IN6O2.C11H7IN6O2.C6H4FNO2.C6H11NO2.C5H4IN5.CH4O.CH4.ClH.Fe/c1-17(2,3)26-16(25)22-14-12-13(18)23-24(15(12)21-9-20-14)11-7-5-10(19-4)6-8-11;1-16(2,3)27-15(24)20-13-11-12(17)21-22(14(11)19-8-18-13)9-4-6-10(7-5-9)23(25)26;1-16(2,3)25-15(24)21-13-11-12(17)22-23(14(11)20-8-19-13)10-6-4-9(18)5-7-10;12-9-8-10(13)14-5-15-11(8)17(16-9)6-1-3-7(4-2-6)18(19)20;7-5-1-3-6(4-2-5)8(9)10;1-7(2)5-3-4-6(8)9;6-3-2-4(7)8-1-9-5(2)11-10-3;1-2;;;/h5-9,19H,1-4H3,(H,20,21,22,25);4-8H,1-3H3,(H,18,19,20,24);4-8H,18H2,1-3H3,(H,19,20,21,24);1-5H,(H2,13,14,15);1-4H;3-4H,5H2,1-2H3,(H,8,9);1H,(H3,7,8,9,10,11);2H,1H3;1H4;1H;/b;;;;;4-3+;;;;;. The monoisotopic (exact) mass is 2450 g/mol. The van der Waals surface area contributed by atoms with Crippen molar-refractivity contribution in [1.29, 1.82) is 0 Å². The average Bonchev–Trinajstić information content (AvgIpc) is 1.64. The molecular weight excluding hydrogens is 2370 g/mol. The molecule has 0 saturated carbocycles. The fourth-order valence-electron chi connectivity index (χ4n) is 10.5. The van der Waals surface area contributed by atoms with Gasteiger partial charge in [0.1, 0.15) is 84.4 Å². The van der Waals surface area contributed by atoms with E-state index in [1.807, 2.05) is 108 Å². The predicted molar refractivity (Wildman–Crippen MR) is 538 cm³/mol. The molecule has 15 aromatic rings. The van der Waals surface area contributed by atoms with Crippen LogP contribution in [0.2, 0.25) is 0 Å². The number of likely N-dealkylation sites (N-methyl/N-ethyl adjacent to an activating group) is 1. The molecule has 0 bridgehead atoms. The number of aliphatic hydroxyl groups excluding tert-OH is 1. The Kier molecular flexibility index (Phi) is 42.1. The Balaban J connectivity index is 0.000000281. The van der Waals surface area contributed by atoms with E-state index in [4.69, 9.17) is 41.6 Å². The van der Waals surface area contributed by atoms with Gasteiger partial charge in [0.15, 0.2) is 45.7 Å². The Hall–Kier alpha value is -12.4. The van der Waals surface area contributed by atoms with Crippen LogP contribution in [-0.4, -0.2) is 205 Å². The van der Waals surface area contributed by atoms with Crippen LogP contribution >= 0.6 is 125 Å². The number of non-ortho nitro benzene ring substituents is 3. The summed E-state index contributed by atoms with van der Waals surface area (Å²) in [4.78, 5) is 119. The summed E-state index contributed by atoms with van der Waals surface area (Å²) >= 11 is 10.3. The molecule has 133 heavy (non-hydrogen) atoms. The number of aliphatic hydroxyl groups is 1. The molecule has 10 heterocycles. The maximum atomic E-state index is 12.1. The van der Waals surface area contributed by atoms with Gasteiger partial charge >= 0.3 is 24.2 Å². The minimum atomic E-state index is -0.892. The van der Waals surface area contributed by atoms with Crippen molar-refractivity contribution in [1.82, 2.24) is 104 Å². The number of anilines is 7. The third-order valence-electron chi connectivity index (χ3n) is 15.8.